The van der Waals surface area contributed by atoms with Crippen molar-refractivity contribution in [2.75, 3.05) is 18.1 Å². The quantitative estimate of drug-likeness (QED) is 0.528. The normalized spacial score (nSPS) is 13.3. The van der Waals surface area contributed by atoms with Crippen LogP contribution in [0.2, 0.25) is 0 Å². The van der Waals surface area contributed by atoms with Crippen LogP contribution < -0.4 is 5.73 Å². The molecule has 0 fully saturated rings. The first kappa shape index (κ1) is 17.2. The minimum atomic E-state index is 0.149. The van der Waals surface area contributed by atoms with Crippen LogP contribution in [0.25, 0.3) is 22.2 Å². The van der Waals surface area contributed by atoms with Gasteiger partial charge >= 0.3 is 0 Å². The Kier molecular flexibility index (Phi) is 4.76. The van der Waals surface area contributed by atoms with Gasteiger partial charge in [0.25, 0.3) is 0 Å². The molecule has 0 atom stereocenters. The van der Waals surface area contributed by atoms with Crippen LogP contribution in [0, 0.1) is 6.92 Å². The highest BCUT2D eigenvalue weighted by Crippen LogP contribution is 2.37. The third kappa shape index (κ3) is 3.13. The van der Waals surface area contributed by atoms with Crippen LogP contribution in [0.1, 0.15) is 23.1 Å². The SMILES string of the molecule is Cc1cc2c3c(cccc3c1-c1nc(N)nc(SCCCO)n1)COC2. The fourth-order valence-corrected chi connectivity index (χ4v) is 4.15. The summed E-state index contributed by atoms with van der Waals surface area (Å²) in [6.45, 7) is 3.45. The molecule has 26 heavy (non-hydrogen) atoms. The standard InChI is InChI=1S/C19H20N4O2S/c1-11-8-13-10-25-9-12-4-2-5-14(16(12)13)15(11)17-21-18(20)23-19(22-17)26-7-3-6-24/h2,4-5,8,24H,3,6-7,9-10H2,1H3,(H2,20,21,22,23). The Balaban J connectivity index is 1.87. The van der Waals surface area contributed by atoms with E-state index in [-0.39, 0.29) is 12.6 Å². The first-order chi connectivity index (χ1) is 12.7. The molecule has 0 aliphatic carbocycles. The molecule has 0 bridgehead atoms. The molecule has 0 saturated carbocycles. The van der Waals surface area contributed by atoms with E-state index in [9.17, 15) is 0 Å². The number of rotatable bonds is 5. The van der Waals surface area contributed by atoms with Crippen molar-refractivity contribution in [2.45, 2.75) is 31.7 Å². The Morgan fingerprint density at radius 1 is 1.19 bits per heavy atom. The highest BCUT2D eigenvalue weighted by atomic mass is 32.2. The van der Waals surface area contributed by atoms with Gasteiger partial charge in [-0.15, -0.1) is 0 Å². The van der Waals surface area contributed by atoms with E-state index in [0.717, 1.165) is 22.3 Å². The van der Waals surface area contributed by atoms with Crippen molar-refractivity contribution in [2.24, 2.45) is 0 Å². The predicted octanol–water partition coefficient (Wildman–Crippen LogP) is 3.09. The third-order valence-electron chi connectivity index (χ3n) is 4.43. The molecule has 2 aromatic carbocycles. The summed E-state index contributed by atoms with van der Waals surface area (Å²) in [6, 6.07) is 8.40. The van der Waals surface area contributed by atoms with E-state index in [1.165, 1.54) is 28.3 Å². The van der Waals surface area contributed by atoms with Crippen molar-refractivity contribution in [1.29, 1.82) is 0 Å². The average Bonchev–Trinajstić information content (AvgIpc) is 2.62. The Bertz CT molecular complexity index is 977. The number of aliphatic hydroxyl groups excluding tert-OH is 1. The molecule has 6 nitrogen and oxygen atoms in total. The summed E-state index contributed by atoms with van der Waals surface area (Å²) < 4.78 is 5.69. The molecule has 0 unspecified atom stereocenters. The zero-order valence-electron chi connectivity index (χ0n) is 14.5. The minimum Gasteiger partial charge on any atom is -0.396 e. The molecule has 4 rings (SSSR count). The van der Waals surface area contributed by atoms with Gasteiger partial charge in [0, 0.05) is 17.9 Å². The van der Waals surface area contributed by atoms with Crippen LogP contribution in [0.4, 0.5) is 5.95 Å². The van der Waals surface area contributed by atoms with Gasteiger partial charge in [0.05, 0.1) is 13.2 Å². The van der Waals surface area contributed by atoms with Crippen LogP contribution in [-0.4, -0.2) is 32.4 Å². The molecule has 1 aliphatic heterocycles. The molecular weight excluding hydrogens is 348 g/mol. The fraction of sp³-hybridized carbons (Fsp3) is 0.316. The number of ether oxygens (including phenoxy) is 1. The summed E-state index contributed by atoms with van der Waals surface area (Å²) in [5.41, 5.74) is 10.4. The largest absolute Gasteiger partial charge is 0.396 e. The van der Waals surface area contributed by atoms with Gasteiger partial charge in [0.1, 0.15) is 0 Å². The number of nitrogens with zero attached hydrogens (tertiary/aromatic N) is 3. The number of thioether (sulfide) groups is 1. The topological polar surface area (TPSA) is 94.2 Å². The maximum Gasteiger partial charge on any atom is 0.224 e. The molecule has 7 heteroatoms. The van der Waals surface area contributed by atoms with Crippen molar-refractivity contribution in [3.8, 4) is 11.4 Å². The van der Waals surface area contributed by atoms with E-state index in [4.69, 9.17) is 15.6 Å². The lowest BCUT2D eigenvalue weighted by atomic mass is 9.91. The van der Waals surface area contributed by atoms with Crippen molar-refractivity contribution >= 4 is 28.5 Å². The smallest absolute Gasteiger partial charge is 0.224 e. The van der Waals surface area contributed by atoms with Gasteiger partial charge in [0.2, 0.25) is 5.95 Å². The molecule has 1 aromatic heterocycles. The van der Waals surface area contributed by atoms with Crippen LogP contribution in [0.3, 0.4) is 0 Å². The van der Waals surface area contributed by atoms with Gasteiger partial charge in [-0.05, 0) is 40.8 Å². The molecule has 0 radical (unpaired) electrons. The number of aromatic nitrogens is 3. The Morgan fingerprint density at radius 3 is 2.88 bits per heavy atom. The highest BCUT2D eigenvalue weighted by Gasteiger charge is 2.20. The van der Waals surface area contributed by atoms with Crippen molar-refractivity contribution in [1.82, 2.24) is 15.0 Å². The lowest BCUT2D eigenvalue weighted by Crippen LogP contribution is -2.07. The van der Waals surface area contributed by atoms with E-state index in [1.807, 2.05) is 6.07 Å². The molecule has 0 saturated heterocycles. The number of nitrogens with two attached hydrogens (primary N) is 1. The Hall–Kier alpha value is -2.22. The number of aliphatic hydroxyl groups is 1. The predicted molar refractivity (Wildman–Crippen MR) is 103 cm³/mol. The summed E-state index contributed by atoms with van der Waals surface area (Å²) in [4.78, 5) is 13.3. The van der Waals surface area contributed by atoms with Crippen LogP contribution in [-0.2, 0) is 18.0 Å². The summed E-state index contributed by atoms with van der Waals surface area (Å²) >= 11 is 1.48. The van der Waals surface area contributed by atoms with E-state index in [1.54, 1.807) is 0 Å². The first-order valence-corrected chi connectivity index (χ1v) is 9.53. The zero-order valence-corrected chi connectivity index (χ0v) is 15.3. The molecule has 0 amide bonds. The van der Waals surface area contributed by atoms with Gasteiger partial charge in [-0.25, -0.2) is 4.98 Å². The van der Waals surface area contributed by atoms with E-state index < -0.39 is 0 Å². The van der Waals surface area contributed by atoms with Gasteiger partial charge in [-0.3, -0.25) is 0 Å². The van der Waals surface area contributed by atoms with Gasteiger partial charge in [0.15, 0.2) is 11.0 Å². The number of aryl methyl sites for hydroxylation is 1. The highest BCUT2D eigenvalue weighted by molar-refractivity contribution is 7.99. The van der Waals surface area contributed by atoms with Gasteiger partial charge in [-0.2, -0.15) is 9.97 Å². The number of hydrogen-bond donors (Lipinski definition) is 2. The lowest BCUT2D eigenvalue weighted by Gasteiger charge is -2.21. The number of benzene rings is 2. The van der Waals surface area contributed by atoms with Crippen molar-refractivity contribution < 1.29 is 9.84 Å². The molecule has 3 aromatic rings. The molecule has 0 spiro atoms. The van der Waals surface area contributed by atoms with Crippen LogP contribution in [0.5, 0.6) is 0 Å². The zero-order chi connectivity index (χ0) is 18.1. The second-order valence-corrected chi connectivity index (χ2v) is 7.35. The number of anilines is 1. The molecule has 3 N–H and O–H groups in total. The number of hydrogen-bond acceptors (Lipinski definition) is 7. The average molecular weight is 368 g/mol. The van der Waals surface area contributed by atoms with Crippen molar-refractivity contribution in [3.05, 3.63) is 41.0 Å². The van der Waals surface area contributed by atoms with Gasteiger partial charge < -0.3 is 15.6 Å². The van der Waals surface area contributed by atoms with E-state index in [0.29, 0.717) is 30.6 Å². The maximum atomic E-state index is 8.97. The van der Waals surface area contributed by atoms with Gasteiger partial charge in [-0.1, -0.05) is 36.0 Å². The number of nitrogen functional groups attached to an aromatic ring is 1. The molecule has 1 aliphatic rings. The van der Waals surface area contributed by atoms with E-state index >= 15 is 0 Å². The summed E-state index contributed by atoms with van der Waals surface area (Å²) in [5.74, 6) is 1.54. The minimum absolute atomic E-state index is 0.149. The summed E-state index contributed by atoms with van der Waals surface area (Å²) in [7, 11) is 0. The maximum absolute atomic E-state index is 8.97. The second kappa shape index (κ2) is 7.19. The molecular formula is C19H20N4O2S. The molecule has 2 heterocycles. The fourth-order valence-electron chi connectivity index (χ4n) is 3.38. The van der Waals surface area contributed by atoms with Crippen LogP contribution in [0.15, 0.2) is 29.4 Å². The van der Waals surface area contributed by atoms with Crippen LogP contribution >= 0.6 is 11.8 Å². The first-order valence-electron chi connectivity index (χ1n) is 8.55. The van der Waals surface area contributed by atoms with Crippen molar-refractivity contribution in [3.63, 3.8) is 0 Å². The second-order valence-electron chi connectivity index (χ2n) is 6.29. The van der Waals surface area contributed by atoms with E-state index in [2.05, 4.69) is 40.1 Å². The monoisotopic (exact) mass is 368 g/mol. The third-order valence-corrected chi connectivity index (χ3v) is 5.36. The Labute approximate surface area is 155 Å². The Morgan fingerprint density at radius 2 is 2.04 bits per heavy atom. The summed E-state index contributed by atoms with van der Waals surface area (Å²) in [5, 5.41) is 11.9. The lowest BCUT2D eigenvalue weighted by molar-refractivity contribution is 0.103. The molecule has 134 valence electrons. The summed E-state index contributed by atoms with van der Waals surface area (Å²) in [6.07, 6.45) is 0.686.